The Hall–Kier alpha value is 0.310. The Balaban J connectivity index is 3.22. The van der Waals surface area contributed by atoms with Gasteiger partial charge in [-0.2, -0.15) is 11.8 Å². The van der Waals surface area contributed by atoms with Crippen molar-refractivity contribution >= 4 is 11.8 Å². The average Bonchev–Trinajstić information content (AvgIpc) is 2.01. The number of hydrogen-bond acceptors (Lipinski definition) is 2. The molecule has 0 aliphatic heterocycles. The first-order chi connectivity index (χ1) is 5.20. The van der Waals surface area contributed by atoms with E-state index in [-0.39, 0.29) is 6.10 Å². The SMILES string of the molecule is CCCC(O)CCC(C)SC. The molecule has 0 aromatic carbocycles. The van der Waals surface area contributed by atoms with Gasteiger partial charge in [0, 0.05) is 5.25 Å². The second-order valence-electron chi connectivity index (χ2n) is 3.07. The van der Waals surface area contributed by atoms with Gasteiger partial charge >= 0.3 is 0 Å². The molecule has 0 bridgehead atoms. The van der Waals surface area contributed by atoms with Crippen molar-refractivity contribution in [3.8, 4) is 0 Å². The van der Waals surface area contributed by atoms with Crippen LogP contribution >= 0.6 is 11.8 Å². The highest BCUT2D eigenvalue weighted by Gasteiger charge is 2.05. The summed E-state index contributed by atoms with van der Waals surface area (Å²) in [5, 5.41) is 10.1. The van der Waals surface area contributed by atoms with Crippen LogP contribution in [0.5, 0.6) is 0 Å². The predicted octanol–water partition coefficient (Wildman–Crippen LogP) is 2.68. The zero-order valence-corrected chi connectivity index (χ0v) is 8.66. The average molecular weight is 176 g/mol. The molecule has 0 aromatic heterocycles. The van der Waals surface area contributed by atoms with Gasteiger partial charge in [-0.25, -0.2) is 0 Å². The molecule has 2 heteroatoms. The third-order valence-electron chi connectivity index (χ3n) is 1.93. The Bertz CT molecular complexity index is 85.6. The second-order valence-corrected chi connectivity index (χ2v) is 4.34. The molecular weight excluding hydrogens is 156 g/mol. The topological polar surface area (TPSA) is 20.2 Å². The van der Waals surface area contributed by atoms with Gasteiger partial charge < -0.3 is 5.11 Å². The van der Waals surface area contributed by atoms with Crippen LogP contribution in [0.4, 0.5) is 0 Å². The predicted molar refractivity (Wildman–Crippen MR) is 53.1 cm³/mol. The Morgan fingerprint density at radius 1 is 1.27 bits per heavy atom. The Kier molecular flexibility index (Phi) is 7.18. The largest absolute Gasteiger partial charge is 0.393 e. The third-order valence-corrected chi connectivity index (χ3v) is 2.97. The summed E-state index contributed by atoms with van der Waals surface area (Å²) in [4.78, 5) is 0. The van der Waals surface area contributed by atoms with Crippen LogP contribution in [0.15, 0.2) is 0 Å². The Labute approximate surface area is 74.6 Å². The summed E-state index contributed by atoms with van der Waals surface area (Å²) in [7, 11) is 0. The van der Waals surface area contributed by atoms with Crippen LogP contribution in [0.2, 0.25) is 0 Å². The highest BCUT2D eigenvalue weighted by Crippen LogP contribution is 2.14. The summed E-state index contributed by atoms with van der Waals surface area (Å²) in [6.07, 6.45) is 6.22. The molecule has 0 spiro atoms. The van der Waals surface area contributed by atoms with Crippen LogP contribution in [0.25, 0.3) is 0 Å². The van der Waals surface area contributed by atoms with Gasteiger partial charge in [0.05, 0.1) is 6.10 Å². The molecule has 0 heterocycles. The molecule has 0 aliphatic rings. The van der Waals surface area contributed by atoms with Crippen LogP contribution in [0, 0.1) is 0 Å². The molecule has 11 heavy (non-hydrogen) atoms. The van der Waals surface area contributed by atoms with E-state index in [4.69, 9.17) is 0 Å². The van der Waals surface area contributed by atoms with Gasteiger partial charge in [-0.05, 0) is 25.5 Å². The first-order valence-corrected chi connectivity index (χ1v) is 5.70. The van der Waals surface area contributed by atoms with Crippen LogP contribution in [0.3, 0.4) is 0 Å². The molecule has 0 radical (unpaired) electrons. The van der Waals surface area contributed by atoms with Crippen molar-refractivity contribution in [3.63, 3.8) is 0 Å². The molecule has 0 fully saturated rings. The van der Waals surface area contributed by atoms with Crippen molar-refractivity contribution in [1.82, 2.24) is 0 Å². The fourth-order valence-corrected chi connectivity index (χ4v) is 1.39. The van der Waals surface area contributed by atoms with Crippen molar-refractivity contribution in [1.29, 1.82) is 0 Å². The van der Waals surface area contributed by atoms with E-state index in [1.807, 2.05) is 11.8 Å². The lowest BCUT2D eigenvalue weighted by Crippen LogP contribution is -2.08. The van der Waals surface area contributed by atoms with Gasteiger partial charge in [-0.3, -0.25) is 0 Å². The van der Waals surface area contributed by atoms with E-state index >= 15 is 0 Å². The maximum absolute atomic E-state index is 9.38. The van der Waals surface area contributed by atoms with Crippen LogP contribution in [-0.4, -0.2) is 22.7 Å². The van der Waals surface area contributed by atoms with Crippen molar-refractivity contribution < 1.29 is 5.11 Å². The maximum Gasteiger partial charge on any atom is 0.0540 e. The smallest absolute Gasteiger partial charge is 0.0540 e. The quantitative estimate of drug-likeness (QED) is 0.671. The minimum absolute atomic E-state index is 0.0606. The van der Waals surface area contributed by atoms with Crippen molar-refractivity contribution in [3.05, 3.63) is 0 Å². The van der Waals surface area contributed by atoms with E-state index < -0.39 is 0 Å². The van der Waals surface area contributed by atoms with E-state index in [0.717, 1.165) is 25.7 Å². The summed E-state index contributed by atoms with van der Waals surface area (Å²) in [6.45, 7) is 4.32. The molecule has 0 rings (SSSR count). The second kappa shape index (κ2) is 6.99. The monoisotopic (exact) mass is 176 g/mol. The lowest BCUT2D eigenvalue weighted by molar-refractivity contribution is 0.151. The van der Waals surface area contributed by atoms with Crippen molar-refractivity contribution in [2.24, 2.45) is 0 Å². The normalized spacial score (nSPS) is 16.4. The van der Waals surface area contributed by atoms with Gasteiger partial charge in [0.25, 0.3) is 0 Å². The zero-order chi connectivity index (χ0) is 8.69. The molecule has 0 aliphatic carbocycles. The van der Waals surface area contributed by atoms with Gasteiger partial charge in [0.1, 0.15) is 0 Å². The molecule has 0 saturated carbocycles. The lowest BCUT2D eigenvalue weighted by atomic mass is 10.1. The Morgan fingerprint density at radius 2 is 1.91 bits per heavy atom. The summed E-state index contributed by atoms with van der Waals surface area (Å²) >= 11 is 1.87. The Morgan fingerprint density at radius 3 is 2.36 bits per heavy atom. The molecule has 1 N–H and O–H groups in total. The van der Waals surface area contributed by atoms with Crippen molar-refractivity contribution in [2.75, 3.05) is 6.26 Å². The number of rotatable bonds is 6. The summed E-state index contributed by atoms with van der Waals surface area (Å²) in [6, 6.07) is 0. The van der Waals surface area contributed by atoms with Crippen molar-refractivity contribution in [2.45, 2.75) is 50.9 Å². The lowest BCUT2D eigenvalue weighted by Gasteiger charge is -2.11. The highest BCUT2D eigenvalue weighted by molar-refractivity contribution is 7.99. The van der Waals surface area contributed by atoms with E-state index in [2.05, 4.69) is 20.1 Å². The van der Waals surface area contributed by atoms with Crippen LogP contribution in [0.1, 0.15) is 39.5 Å². The first-order valence-electron chi connectivity index (χ1n) is 4.41. The van der Waals surface area contributed by atoms with Gasteiger partial charge in [0.2, 0.25) is 0 Å². The highest BCUT2D eigenvalue weighted by atomic mass is 32.2. The summed E-state index contributed by atoms with van der Waals surface area (Å²) < 4.78 is 0. The van der Waals surface area contributed by atoms with E-state index in [0.29, 0.717) is 5.25 Å². The van der Waals surface area contributed by atoms with E-state index in [9.17, 15) is 5.11 Å². The number of aliphatic hydroxyl groups excluding tert-OH is 1. The molecule has 0 amide bonds. The van der Waals surface area contributed by atoms with Crippen LogP contribution < -0.4 is 0 Å². The van der Waals surface area contributed by atoms with E-state index in [1.165, 1.54) is 0 Å². The third kappa shape index (κ3) is 6.70. The number of aliphatic hydroxyl groups is 1. The fourth-order valence-electron chi connectivity index (χ4n) is 1.02. The molecule has 0 saturated heterocycles. The summed E-state index contributed by atoms with van der Waals surface area (Å²) in [5.74, 6) is 0. The van der Waals surface area contributed by atoms with Gasteiger partial charge in [-0.15, -0.1) is 0 Å². The summed E-state index contributed by atoms with van der Waals surface area (Å²) in [5.41, 5.74) is 0. The molecule has 2 unspecified atom stereocenters. The number of thioether (sulfide) groups is 1. The van der Waals surface area contributed by atoms with Gasteiger partial charge in [0.15, 0.2) is 0 Å². The minimum Gasteiger partial charge on any atom is -0.393 e. The maximum atomic E-state index is 9.38. The van der Waals surface area contributed by atoms with Crippen LogP contribution in [-0.2, 0) is 0 Å². The molecule has 0 aromatic rings. The molecule has 1 nitrogen and oxygen atoms in total. The fraction of sp³-hybridized carbons (Fsp3) is 1.00. The zero-order valence-electron chi connectivity index (χ0n) is 7.84. The number of hydrogen-bond donors (Lipinski definition) is 1. The first kappa shape index (κ1) is 11.3. The molecule has 68 valence electrons. The minimum atomic E-state index is -0.0606. The molecular formula is C9H20OS. The molecule has 2 atom stereocenters. The standard InChI is InChI=1S/C9H20OS/c1-4-5-9(10)7-6-8(2)11-3/h8-10H,4-7H2,1-3H3. The van der Waals surface area contributed by atoms with E-state index in [1.54, 1.807) is 0 Å². The van der Waals surface area contributed by atoms with Gasteiger partial charge in [-0.1, -0.05) is 20.3 Å².